The third-order valence-corrected chi connectivity index (χ3v) is 2.87. The van der Waals surface area contributed by atoms with Gasteiger partial charge in [-0.2, -0.15) is 13.2 Å². The van der Waals surface area contributed by atoms with E-state index in [9.17, 15) is 22.8 Å². The van der Waals surface area contributed by atoms with Gasteiger partial charge in [0.2, 0.25) is 11.7 Å². The number of nitrogens with zero attached hydrogens (tertiary/aromatic N) is 2. The fraction of sp³-hybridized carbons (Fsp3) is 0.214. The monoisotopic (exact) mass is 326 g/mol. The summed E-state index contributed by atoms with van der Waals surface area (Å²) in [6, 6.07) is 5.10. The molecule has 0 atom stereocenters. The van der Waals surface area contributed by atoms with Gasteiger partial charge in [-0.05, 0) is 12.1 Å². The van der Waals surface area contributed by atoms with Crippen molar-refractivity contribution in [2.45, 2.75) is 12.7 Å². The first-order valence-electron chi connectivity index (χ1n) is 6.54. The van der Waals surface area contributed by atoms with E-state index < -0.39 is 30.5 Å². The summed E-state index contributed by atoms with van der Waals surface area (Å²) in [7, 11) is 0. The Kier molecular flexibility index (Phi) is 4.68. The first kappa shape index (κ1) is 16.5. The van der Waals surface area contributed by atoms with Crippen LogP contribution in [-0.4, -0.2) is 28.0 Å². The number of carbonyl (C=O) groups excluding carboxylic acids is 2. The Labute approximate surface area is 129 Å². The number of para-hydroxylation sites is 2. The Bertz CT molecular complexity index is 752. The van der Waals surface area contributed by atoms with Crippen molar-refractivity contribution in [2.24, 2.45) is 0 Å². The van der Waals surface area contributed by atoms with Crippen molar-refractivity contribution in [2.75, 3.05) is 6.54 Å². The Morgan fingerprint density at radius 1 is 1.30 bits per heavy atom. The van der Waals surface area contributed by atoms with Crippen molar-refractivity contribution in [3.63, 3.8) is 0 Å². The topological polar surface area (TPSA) is 76.0 Å². The summed E-state index contributed by atoms with van der Waals surface area (Å²) in [5, 5.41) is 4.23. The van der Waals surface area contributed by atoms with Gasteiger partial charge in [0.15, 0.2) is 0 Å². The van der Waals surface area contributed by atoms with Crippen LogP contribution >= 0.6 is 0 Å². The van der Waals surface area contributed by atoms with Crippen molar-refractivity contribution >= 4 is 23.0 Å². The normalized spacial score (nSPS) is 11.3. The van der Waals surface area contributed by atoms with Crippen molar-refractivity contribution in [1.29, 1.82) is 0 Å². The third kappa shape index (κ3) is 3.87. The van der Waals surface area contributed by atoms with Gasteiger partial charge < -0.3 is 9.88 Å². The molecule has 1 aromatic carbocycles. The number of urea groups is 1. The Balaban J connectivity index is 2.26. The molecule has 0 unspecified atom stereocenters. The molecule has 9 heteroatoms. The van der Waals surface area contributed by atoms with Crippen LogP contribution in [0.5, 0.6) is 0 Å². The molecule has 2 N–H and O–H groups in total. The number of halogens is 3. The fourth-order valence-electron chi connectivity index (χ4n) is 1.97. The minimum atomic E-state index is -4.72. The summed E-state index contributed by atoms with van der Waals surface area (Å²) in [5.74, 6) is -2.08. The first-order chi connectivity index (χ1) is 10.8. The molecule has 1 aromatic heterocycles. The van der Waals surface area contributed by atoms with E-state index in [-0.39, 0.29) is 17.6 Å². The van der Waals surface area contributed by atoms with E-state index in [4.69, 9.17) is 0 Å². The van der Waals surface area contributed by atoms with Crippen LogP contribution in [0.15, 0.2) is 36.9 Å². The van der Waals surface area contributed by atoms with Crippen LogP contribution in [0.2, 0.25) is 0 Å². The lowest BCUT2D eigenvalue weighted by Crippen LogP contribution is -2.41. The molecule has 0 fully saturated rings. The van der Waals surface area contributed by atoms with E-state index in [1.807, 2.05) is 5.32 Å². The zero-order valence-corrected chi connectivity index (χ0v) is 11.9. The summed E-state index contributed by atoms with van der Waals surface area (Å²) < 4.78 is 39.9. The highest BCUT2D eigenvalue weighted by Gasteiger charge is 2.38. The van der Waals surface area contributed by atoms with Gasteiger partial charge >= 0.3 is 12.2 Å². The molecule has 0 aliphatic carbocycles. The van der Waals surface area contributed by atoms with E-state index in [2.05, 4.69) is 16.9 Å². The van der Waals surface area contributed by atoms with E-state index in [0.717, 1.165) is 4.57 Å². The minimum Gasteiger partial charge on any atom is -0.334 e. The number of carbonyl (C=O) groups is 2. The van der Waals surface area contributed by atoms with Crippen LogP contribution in [-0.2, 0) is 17.5 Å². The Morgan fingerprint density at radius 2 is 2.00 bits per heavy atom. The molecule has 2 aromatic rings. The summed E-state index contributed by atoms with van der Waals surface area (Å²) in [6.45, 7) is 2.82. The number of rotatable bonds is 4. The highest BCUT2D eigenvalue weighted by molar-refractivity contribution is 5.94. The van der Waals surface area contributed by atoms with Crippen molar-refractivity contribution in [3.8, 4) is 0 Å². The van der Waals surface area contributed by atoms with Gasteiger partial charge in [-0.25, -0.2) is 9.78 Å². The molecule has 2 rings (SSSR count). The molecule has 3 amide bonds. The van der Waals surface area contributed by atoms with Crippen LogP contribution < -0.4 is 10.6 Å². The average Bonchev–Trinajstić information content (AvgIpc) is 2.84. The molecule has 1 heterocycles. The Morgan fingerprint density at radius 3 is 2.65 bits per heavy atom. The van der Waals surface area contributed by atoms with Gasteiger partial charge in [0.1, 0.15) is 6.54 Å². The summed E-state index contributed by atoms with van der Waals surface area (Å²) in [6.07, 6.45) is -3.32. The number of imidazole rings is 1. The standard InChI is InChI=1S/C14H13F3N4O2/c1-2-7-18-13(23)20-11(22)8-21-10-6-4-3-5-9(10)19-12(21)14(15,16)17/h2-6H,1,7-8H2,(H2,18,20,22,23). The molecule has 0 radical (unpaired) electrons. The maximum atomic E-state index is 13.1. The Hall–Kier alpha value is -2.84. The fourth-order valence-corrected chi connectivity index (χ4v) is 1.97. The molecule has 23 heavy (non-hydrogen) atoms. The molecule has 0 aliphatic heterocycles. The zero-order chi connectivity index (χ0) is 17.0. The van der Waals surface area contributed by atoms with E-state index in [0.29, 0.717) is 0 Å². The van der Waals surface area contributed by atoms with Crippen molar-refractivity contribution in [3.05, 3.63) is 42.7 Å². The predicted octanol–water partition coefficient (Wildman–Crippen LogP) is 2.07. The molecule has 6 nitrogen and oxygen atoms in total. The van der Waals surface area contributed by atoms with Gasteiger partial charge in [0, 0.05) is 6.54 Å². The highest BCUT2D eigenvalue weighted by Crippen LogP contribution is 2.31. The summed E-state index contributed by atoms with van der Waals surface area (Å²) in [5.41, 5.74) is 0.269. The minimum absolute atomic E-state index is 0.115. The number of fused-ring (bicyclic) bond motifs is 1. The SMILES string of the molecule is C=CCNC(=O)NC(=O)Cn1c(C(F)(F)F)nc2ccccc21. The van der Waals surface area contributed by atoms with Crippen molar-refractivity contribution in [1.82, 2.24) is 20.2 Å². The van der Waals surface area contributed by atoms with Gasteiger partial charge in [-0.1, -0.05) is 18.2 Å². The average molecular weight is 326 g/mol. The second-order valence-electron chi connectivity index (χ2n) is 4.55. The molecule has 0 spiro atoms. The molecular weight excluding hydrogens is 313 g/mol. The summed E-state index contributed by atoms with van der Waals surface area (Å²) in [4.78, 5) is 26.7. The number of aromatic nitrogens is 2. The highest BCUT2D eigenvalue weighted by atomic mass is 19.4. The van der Waals surface area contributed by atoms with Crippen LogP contribution in [0.25, 0.3) is 11.0 Å². The quantitative estimate of drug-likeness (QED) is 0.845. The van der Waals surface area contributed by atoms with E-state index in [1.54, 1.807) is 6.07 Å². The van der Waals surface area contributed by atoms with E-state index in [1.165, 1.54) is 24.3 Å². The number of hydrogen-bond acceptors (Lipinski definition) is 3. The van der Waals surface area contributed by atoms with E-state index >= 15 is 0 Å². The first-order valence-corrected chi connectivity index (χ1v) is 6.54. The van der Waals surface area contributed by atoms with Crippen molar-refractivity contribution < 1.29 is 22.8 Å². The van der Waals surface area contributed by atoms with Gasteiger partial charge in [-0.15, -0.1) is 6.58 Å². The third-order valence-electron chi connectivity index (χ3n) is 2.87. The van der Waals surface area contributed by atoms with Gasteiger partial charge in [0.05, 0.1) is 11.0 Å². The van der Waals surface area contributed by atoms with Crippen LogP contribution in [0.1, 0.15) is 5.82 Å². The lowest BCUT2D eigenvalue weighted by molar-refractivity contribution is -0.147. The van der Waals surface area contributed by atoms with Crippen LogP contribution in [0, 0.1) is 0 Å². The lowest BCUT2D eigenvalue weighted by Gasteiger charge is -2.11. The smallest absolute Gasteiger partial charge is 0.334 e. The van der Waals surface area contributed by atoms with Crippen LogP contribution in [0.3, 0.4) is 0 Å². The maximum absolute atomic E-state index is 13.1. The van der Waals surface area contributed by atoms with Gasteiger partial charge in [-0.3, -0.25) is 10.1 Å². The predicted molar refractivity (Wildman–Crippen MR) is 76.5 cm³/mol. The lowest BCUT2D eigenvalue weighted by atomic mass is 10.3. The number of hydrogen-bond donors (Lipinski definition) is 2. The summed E-state index contributed by atoms with van der Waals surface area (Å²) >= 11 is 0. The number of amides is 3. The number of nitrogens with one attached hydrogen (secondary N) is 2. The van der Waals surface area contributed by atoms with Gasteiger partial charge in [0.25, 0.3) is 0 Å². The molecular formula is C14H13F3N4O2. The molecule has 122 valence electrons. The van der Waals surface area contributed by atoms with Crippen LogP contribution in [0.4, 0.5) is 18.0 Å². The molecule has 0 bridgehead atoms. The molecule has 0 saturated carbocycles. The largest absolute Gasteiger partial charge is 0.449 e. The molecule has 0 saturated heterocycles. The zero-order valence-electron chi connectivity index (χ0n) is 11.9. The second kappa shape index (κ2) is 6.51. The number of imide groups is 1. The maximum Gasteiger partial charge on any atom is 0.449 e. The number of alkyl halides is 3. The molecule has 0 aliphatic rings. The second-order valence-corrected chi connectivity index (χ2v) is 4.55. The number of benzene rings is 1.